The topological polar surface area (TPSA) is 120 Å². The van der Waals surface area contributed by atoms with E-state index in [1.54, 1.807) is 49.6 Å². The second kappa shape index (κ2) is 8.46. The van der Waals surface area contributed by atoms with Crippen LogP contribution in [0.2, 0.25) is 0 Å². The van der Waals surface area contributed by atoms with Gasteiger partial charge in [0.1, 0.15) is 11.4 Å². The zero-order valence-corrected chi connectivity index (χ0v) is 16.3. The molecule has 1 amide bonds. The molecular formula is C22H16N4O5. The molecule has 3 aromatic carbocycles. The molecule has 0 radical (unpaired) electrons. The zero-order valence-electron chi connectivity index (χ0n) is 16.3. The monoisotopic (exact) mass is 416 g/mol. The Hall–Kier alpha value is -4.53. The summed E-state index contributed by atoms with van der Waals surface area (Å²) in [4.78, 5) is 28.0. The van der Waals surface area contributed by atoms with Crippen LogP contribution in [0, 0.1) is 10.1 Å². The average molecular weight is 416 g/mol. The van der Waals surface area contributed by atoms with Gasteiger partial charge in [-0.2, -0.15) is 4.98 Å². The maximum absolute atomic E-state index is 12.9. The Morgan fingerprint density at radius 1 is 1.00 bits per heavy atom. The Bertz CT molecular complexity index is 1270. The molecule has 0 fully saturated rings. The highest BCUT2D eigenvalue weighted by Gasteiger charge is 2.21. The van der Waals surface area contributed by atoms with Crippen molar-refractivity contribution in [3.05, 3.63) is 88.5 Å². The lowest BCUT2D eigenvalue weighted by molar-refractivity contribution is -0.383. The molecule has 1 heterocycles. The SMILES string of the molecule is COc1ccccc1-c1noc(-c2ccccc2C(=O)Nc2ccccc2[N+](=O)[O-])n1. The van der Waals surface area contributed by atoms with Crippen molar-refractivity contribution in [3.63, 3.8) is 0 Å². The van der Waals surface area contributed by atoms with Crippen LogP contribution in [0.25, 0.3) is 22.8 Å². The normalized spacial score (nSPS) is 10.5. The van der Waals surface area contributed by atoms with E-state index in [4.69, 9.17) is 9.26 Å². The molecule has 0 aliphatic carbocycles. The first-order valence-corrected chi connectivity index (χ1v) is 9.19. The average Bonchev–Trinajstić information content (AvgIpc) is 3.29. The zero-order chi connectivity index (χ0) is 21.8. The third kappa shape index (κ3) is 3.97. The van der Waals surface area contributed by atoms with E-state index in [0.717, 1.165) is 0 Å². The summed E-state index contributed by atoms with van der Waals surface area (Å²) in [5.74, 6) is 0.481. The molecule has 0 aliphatic rings. The lowest BCUT2D eigenvalue weighted by atomic mass is 10.1. The van der Waals surface area contributed by atoms with Gasteiger partial charge in [-0.05, 0) is 30.3 Å². The van der Waals surface area contributed by atoms with E-state index < -0.39 is 10.8 Å². The van der Waals surface area contributed by atoms with E-state index in [0.29, 0.717) is 22.7 Å². The third-order valence-electron chi connectivity index (χ3n) is 4.52. The van der Waals surface area contributed by atoms with E-state index >= 15 is 0 Å². The number of hydrogen-bond donors (Lipinski definition) is 1. The summed E-state index contributed by atoms with van der Waals surface area (Å²) >= 11 is 0. The summed E-state index contributed by atoms with van der Waals surface area (Å²) in [5, 5.41) is 17.8. The first-order valence-electron chi connectivity index (χ1n) is 9.19. The van der Waals surface area contributed by atoms with Crippen LogP contribution >= 0.6 is 0 Å². The van der Waals surface area contributed by atoms with Crippen LogP contribution in [0.4, 0.5) is 11.4 Å². The van der Waals surface area contributed by atoms with Crippen LogP contribution in [-0.2, 0) is 0 Å². The molecule has 0 saturated carbocycles. The minimum Gasteiger partial charge on any atom is -0.496 e. The van der Waals surface area contributed by atoms with Gasteiger partial charge in [0, 0.05) is 6.07 Å². The summed E-state index contributed by atoms with van der Waals surface area (Å²) in [6.45, 7) is 0. The number of rotatable bonds is 6. The Morgan fingerprint density at radius 3 is 2.45 bits per heavy atom. The van der Waals surface area contributed by atoms with Gasteiger partial charge in [0.25, 0.3) is 17.5 Å². The predicted octanol–water partition coefficient (Wildman–Crippen LogP) is 4.57. The van der Waals surface area contributed by atoms with E-state index in [-0.39, 0.29) is 22.8 Å². The number of carbonyl (C=O) groups is 1. The summed E-state index contributed by atoms with van der Waals surface area (Å²) in [6.07, 6.45) is 0. The maximum atomic E-state index is 12.9. The molecule has 0 unspecified atom stereocenters. The van der Waals surface area contributed by atoms with Crippen LogP contribution < -0.4 is 10.1 Å². The first-order chi connectivity index (χ1) is 15.1. The number of amides is 1. The molecule has 1 N–H and O–H groups in total. The number of carbonyl (C=O) groups excluding carboxylic acids is 1. The first kappa shape index (κ1) is 19.8. The molecule has 0 bridgehead atoms. The minimum absolute atomic E-state index is 0.0903. The van der Waals surface area contributed by atoms with E-state index in [9.17, 15) is 14.9 Å². The fourth-order valence-electron chi connectivity index (χ4n) is 3.07. The highest BCUT2D eigenvalue weighted by Crippen LogP contribution is 2.31. The van der Waals surface area contributed by atoms with Crippen molar-refractivity contribution in [2.45, 2.75) is 0 Å². The van der Waals surface area contributed by atoms with Crippen LogP contribution in [0.1, 0.15) is 10.4 Å². The Balaban J connectivity index is 1.68. The number of anilines is 1. The molecule has 4 aromatic rings. The van der Waals surface area contributed by atoms with E-state index in [1.807, 2.05) is 12.1 Å². The minimum atomic E-state index is -0.557. The molecule has 154 valence electrons. The van der Waals surface area contributed by atoms with E-state index in [2.05, 4.69) is 15.5 Å². The van der Waals surface area contributed by atoms with Gasteiger partial charge in [-0.3, -0.25) is 14.9 Å². The molecular weight excluding hydrogens is 400 g/mol. The van der Waals surface area contributed by atoms with Crippen molar-refractivity contribution < 1.29 is 19.0 Å². The smallest absolute Gasteiger partial charge is 0.292 e. The molecule has 0 saturated heterocycles. The van der Waals surface area contributed by atoms with Crippen LogP contribution in [0.15, 0.2) is 77.3 Å². The van der Waals surface area contributed by atoms with Gasteiger partial charge in [0.2, 0.25) is 5.82 Å². The maximum Gasteiger partial charge on any atom is 0.292 e. The number of methoxy groups -OCH3 is 1. The molecule has 4 rings (SSSR count). The molecule has 9 heteroatoms. The molecule has 1 aromatic heterocycles. The number of nitro benzene ring substituents is 1. The number of nitro groups is 1. The Morgan fingerprint density at radius 2 is 1.68 bits per heavy atom. The third-order valence-corrected chi connectivity index (χ3v) is 4.52. The highest BCUT2D eigenvalue weighted by molar-refractivity contribution is 6.09. The highest BCUT2D eigenvalue weighted by atomic mass is 16.6. The Kier molecular flexibility index (Phi) is 5.39. The van der Waals surface area contributed by atoms with Crippen LogP contribution in [0.3, 0.4) is 0 Å². The molecule has 31 heavy (non-hydrogen) atoms. The number of aromatic nitrogens is 2. The van der Waals surface area contributed by atoms with Gasteiger partial charge >= 0.3 is 0 Å². The summed E-state index contributed by atoms with van der Waals surface area (Å²) in [5.41, 5.74) is 1.15. The predicted molar refractivity (Wildman–Crippen MR) is 113 cm³/mol. The number of nitrogens with one attached hydrogen (secondary N) is 1. The number of para-hydroxylation sites is 3. The van der Waals surface area contributed by atoms with Crippen molar-refractivity contribution in [2.24, 2.45) is 0 Å². The van der Waals surface area contributed by atoms with Crippen LogP contribution in [0.5, 0.6) is 5.75 Å². The van der Waals surface area contributed by atoms with Crippen molar-refractivity contribution in [1.29, 1.82) is 0 Å². The van der Waals surface area contributed by atoms with Crippen molar-refractivity contribution >= 4 is 17.3 Å². The van der Waals surface area contributed by atoms with Crippen molar-refractivity contribution in [2.75, 3.05) is 12.4 Å². The van der Waals surface area contributed by atoms with Crippen molar-refractivity contribution in [3.8, 4) is 28.6 Å². The van der Waals surface area contributed by atoms with Gasteiger partial charge < -0.3 is 14.6 Å². The number of benzene rings is 3. The van der Waals surface area contributed by atoms with Crippen molar-refractivity contribution in [1.82, 2.24) is 10.1 Å². The summed E-state index contributed by atoms with van der Waals surface area (Å²) in [6, 6.07) is 19.8. The molecule has 0 spiro atoms. The Labute approximate surface area is 176 Å². The summed E-state index contributed by atoms with van der Waals surface area (Å²) in [7, 11) is 1.54. The number of hydrogen-bond acceptors (Lipinski definition) is 7. The lowest BCUT2D eigenvalue weighted by Crippen LogP contribution is -2.14. The molecule has 0 atom stereocenters. The van der Waals surface area contributed by atoms with E-state index in [1.165, 1.54) is 18.2 Å². The second-order valence-electron chi connectivity index (χ2n) is 6.40. The molecule has 9 nitrogen and oxygen atoms in total. The second-order valence-corrected chi connectivity index (χ2v) is 6.40. The number of ether oxygens (including phenoxy) is 1. The van der Waals surface area contributed by atoms with Gasteiger partial charge in [-0.15, -0.1) is 0 Å². The van der Waals surface area contributed by atoms with Gasteiger partial charge in [-0.25, -0.2) is 0 Å². The van der Waals surface area contributed by atoms with Gasteiger partial charge in [0.15, 0.2) is 0 Å². The fourth-order valence-corrected chi connectivity index (χ4v) is 3.07. The van der Waals surface area contributed by atoms with Crippen LogP contribution in [-0.4, -0.2) is 28.1 Å². The molecule has 0 aliphatic heterocycles. The van der Waals surface area contributed by atoms with Gasteiger partial charge in [0.05, 0.1) is 28.7 Å². The van der Waals surface area contributed by atoms with Gasteiger partial charge in [-0.1, -0.05) is 41.6 Å². The fraction of sp³-hybridized carbons (Fsp3) is 0.0455. The lowest BCUT2D eigenvalue weighted by Gasteiger charge is -2.08. The number of nitrogens with zero attached hydrogens (tertiary/aromatic N) is 3. The summed E-state index contributed by atoms with van der Waals surface area (Å²) < 4.78 is 10.7. The largest absolute Gasteiger partial charge is 0.496 e. The standard InChI is InChI=1S/C22H16N4O5/c1-30-19-13-7-4-10-16(19)20-24-22(31-25-20)15-9-3-2-8-14(15)21(27)23-17-11-5-6-12-18(17)26(28)29/h2-13H,1H3,(H,23,27). The quantitative estimate of drug-likeness (QED) is 0.361.